The molecule has 1 aliphatic heterocycles. The maximum Gasteiger partial charge on any atom is 0.0372 e. The summed E-state index contributed by atoms with van der Waals surface area (Å²) < 4.78 is 0. The summed E-state index contributed by atoms with van der Waals surface area (Å²) >= 11 is 0. The van der Waals surface area contributed by atoms with Crippen LogP contribution in [0.4, 0.5) is 0 Å². The van der Waals surface area contributed by atoms with Gasteiger partial charge in [-0.3, -0.25) is 9.88 Å². The van der Waals surface area contributed by atoms with E-state index in [1.165, 1.54) is 24.9 Å². The molecule has 17 heavy (non-hydrogen) atoms. The van der Waals surface area contributed by atoms with Crippen molar-refractivity contribution in [2.24, 2.45) is 0 Å². The second-order valence-corrected chi connectivity index (χ2v) is 4.98. The molecule has 2 heterocycles. The SMILES string of the molecule is CCCC1CN(Cc2ccc(C)nc2)CCN1. The van der Waals surface area contributed by atoms with Gasteiger partial charge < -0.3 is 5.32 Å². The van der Waals surface area contributed by atoms with Crippen LogP contribution in [0.25, 0.3) is 0 Å². The van der Waals surface area contributed by atoms with Gasteiger partial charge in [-0.1, -0.05) is 19.4 Å². The molecule has 1 aromatic heterocycles. The Morgan fingerprint density at radius 2 is 2.35 bits per heavy atom. The molecule has 0 aliphatic carbocycles. The van der Waals surface area contributed by atoms with E-state index in [2.05, 4.69) is 34.3 Å². The first kappa shape index (κ1) is 12.5. The summed E-state index contributed by atoms with van der Waals surface area (Å²) in [6, 6.07) is 4.97. The lowest BCUT2D eigenvalue weighted by Crippen LogP contribution is -2.50. The maximum atomic E-state index is 4.36. The molecule has 3 heteroatoms. The standard InChI is InChI=1S/C14H23N3/c1-3-4-14-11-17(8-7-15-14)10-13-6-5-12(2)16-9-13/h5-6,9,14-15H,3-4,7-8,10-11H2,1-2H3. The van der Waals surface area contributed by atoms with E-state index in [4.69, 9.17) is 0 Å². The van der Waals surface area contributed by atoms with E-state index >= 15 is 0 Å². The Kier molecular flexibility index (Phi) is 4.51. The number of aryl methyl sites for hydroxylation is 1. The molecule has 0 spiro atoms. The number of rotatable bonds is 4. The van der Waals surface area contributed by atoms with Crippen molar-refractivity contribution in [2.45, 2.75) is 39.3 Å². The minimum Gasteiger partial charge on any atom is -0.311 e. The van der Waals surface area contributed by atoms with Gasteiger partial charge >= 0.3 is 0 Å². The zero-order valence-corrected chi connectivity index (χ0v) is 10.9. The number of nitrogens with one attached hydrogen (secondary N) is 1. The van der Waals surface area contributed by atoms with Crippen molar-refractivity contribution in [3.8, 4) is 0 Å². The van der Waals surface area contributed by atoms with E-state index in [0.29, 0.717) is 6.04 Å². The molecule has 1 N–H and O–H groups in total. The summed E-state index contributed by atoms with van der Waals surface area (Å²) in [7, 11) is 0. The third kappa shape index (κ3) is 3.79. The van der Waals surface area contributed by atoms with Crippen LogP contribution in [0.15, 0.2) is 18.3 Å². The van der Waals surface area contributed by atoms with Gasteiger partial charge in [0.1, 0.15) is 0 Å². The maximum absolute atomic E-state index is 4.36. The minimum absolute atomic E-state index is 0.673. The molecule has 0 bridgehead atoms. The van der Waals surface area contributed by atoms with Crippen molar-refractivity contribution in [3.63, 3.8) is 0 Å². The van der Waals surface area contributed by atoms with Crippen molar-refractivity contribution in [1.82, 2.24) is 15.2 Å². The number of piperazine rings is 1. The Hall–Kier alpha value is -0.930. The summed E-state index contributed by atoms with van der Waals surface area (Å²) in [5.74, 6) is 0. The quantitative estimate of drug-likeness (QED) is 0.861. The van der Waals surface area contributed by atoms with E-state index in [1.807, 2.05) is 13.1 Å². The van der Waals surface area contributed by atoms with Gasteiger partial charge in [-0.15, -0.1) is 0 Å². The van der Waals surface area contributed by atoms with Crippen LogP contribution in [0, 0.1) is 6.92 Å². The first-order valence-electron chi connectivity index (χ1n) is 6.65. The lowest BCUT2D eigenvalue weighted by atomic mass is 10.1. The number of nitrogens with zero attached hydrogens (tertiary/aromatic N) is 2. The smallest absolute Gasteiger partial charge is 0.0372 e. The van der Waals surface area contributed by atoms with E-state index in [1.54, 1.807) is 0 Å². The van der Waals surface area contributed by atoms with Crippen molar-refractivity contribution in [1.29, 1.82) is 0 Å². The Labute approximate surface area is 104 Å². The highest BCUT2D eigenvalue weighted by molar-refractivity contribution is 5.13. The Morgan fingerprint density at radius 1 is 1.47 bits per heavy atom. The molecule has 1 aromatic rings. The fourth-order valence-corrected chi connectivity index (χ4v) is 2.43. The van der Waals surface area contributed by atoms with Crippen LogP contribution in [-0.4, -0.2) is 35.6 Å². The molecule has 1 fully saturated rings. The first-order valence-corrected chi connectivity index (χ1v) is 6.65. The lowest BCUT2D eigenvalue weighted by Gasteiger charge is -2.33. The number of hydrogen-bond acceptors (Lipinski definition) is 3. The average Bonchev–Trinajstić information content (AvgIpc) is 2.33. The zero-order chi connectivity index (χ0) is 12.1. The zero-order valence-electron chi connectivity index (χ0n) is 10.9. The molecule has 0 radical (unpaired) electrons. The minimum atomic E-state index is 0.673. The molecule has 1 unspecified atom stereocenters. The van der Waals surface area contributed by atoms with Crippen molar-refractivity contribution < 1.29 is 0 Å². The summed E-state index contributed by atoms with van der Waals surface area (Å²) in [5.41, 5.74) is 2.42. The van der Waals surface area contributed by atoms with Gasteiger partial charge in [0.2, 0.25) is 0 Å². The molecule has 0 amide bonds. The van der Waals surface area contributed by atoms with Gasteiger partial charge in [0.05, 0.1) is 0 Å². The molecule has 0 saturated carbocycles. The van der Waals surface area contributed by atoms with Gasteiger partial charge in [-0.05, 0) is 25.0 Å². The third-order valence-electron chi connectivity index (χ3n) is 3.36. The number of pyridine rings is 1. The van der Waals surface area contributed by atoms with E-state index in [9.17, 15) is 0 Å². The predicted molar refractivity (Wildman–Crippen MR) is 70.9 cm³/mol. The highest BCUT2D eigenvalue weighted by Gasteiger charge is 2.18. The van der Waals surface area contributed by atoms with Crippen molar-refractivity contribution >= 4 is 0 Å². The highest BCUT2D eigenvalue weighted by Crippen LogP contribution is 2.09. The van der Waals surface area contributed by atoms with Crippen molar-refractivity contribution in [3.05, 3.63) is 29.6 Å². The largest absolute Gasteiger partial charge is 0.311 e. The van der Waals surface area contributed by atoms with Gasteiger partial charge in [-0.25, -0.2) is 0 Å². The summed E-state index contributed by atoms with van der Waals surface area (Å²) in [6.07, 6.45) is 4.55. The lowest BCUT2D eigenvalue weighted by molar-refractivity contribution is 0.186. The summed E-state index contributed by atoms with van der Waals surface area (Å²) in [5, 5.41) is 3.59. The van der Waals surface area contributed by atoms with E-state index < -0.39 is 0 Å². The van der Waals surface area contributed by atoms with E-state index in [-0.39, 0.29) is 0 Å². The number of hydrogen-bond donors (Lipinski definition) is 1. The molecule has 1 aliphatic rings. The molecule has 3 nitrogen and oxygen atoms in total. The van der Waals surface area contributed by atoms with Gasteiger partial charge in [0.15, 0.2) is 0 Å². The second-order valence-electron chi connectivity index (χ2n) is 4.98. The van der Waals surface area contributed by atoms with Crippen LogP contribution in [0.2, 0.25) is 0 Å². The topological polar surface area (TPSA) is 28.2 Å². The van der Waals surface area contributed by atoms with Crippen LogP contribution in [0.5, 0.6) is 0 Å². The molecular formula is C14H23N3. The fraction of sp³-hybridized carbons (Fsp3) is 0.643. The second kappa shape index (κ2) is 6.12. The van der Waals surface area contributed by atoms with Crippen LogP contribution in [-0.2, 0) is 6.54 Å². The molecular weight excluding hydrogens is 210 g/mol. The van der Waals surface area contributed by atoms with Gasteiger partial charge in [0, 0.05) is 44.1 Å². The van der Waals surface area contributed by atoms with Gasteiger partial charge in [0.25, 0.3) is 0 Å². The molecule has 94 valence electrons. The summed E-state index contributed by atoms with van der Waals surface area (Å²) in [6.45, 7) is 8.76. The van der Waals surface area contributed by atoms with E-state index in [0.717, 1.165) is 25.3 Å². The van der Waals surface area contributed by atoms with Gasteiger partial charge in [-0.2, -0.15) is 0 Å². The third-order valence-corrected chi connectivity index (χ3v) is 3.36. The first-order chi connectivity index (χ1) is 8.28. The van der Waals surface area contributed by atoms with Crippen molar-refractivity contribution in [2.75, 3.05) is 19.6 Å². The molecule has 0 aromatic carbocycles. The fourth-order valence-electron chi connectivity index (χ4n) is 2.43. The van der Waals surface area contributed by atoms with Crippen LogP contribution in [0.3, 0.4) is 0 Å². The molecule has 1 atom stereocenters. The Morgan fingerprint density at radius 3 is 3.06 bits per heavy atom. The highest BCUT2D eigenvalue weighted by atomic mass is 15.2. The summed E-state index contributed by atoms with van der Waals surface area (Å²) in [4.78, 5) is 6.89. The average molecular weight is 233 g/mol. The molecule has 1 saturated heterocycles. The Balaban J connectivity index is 1.87. The Bertz CT molecular complexity index is 332. The molecule has 2 rings (SSSR count). The predicted octanol–water partition coefficient (Wildman–Crippen LogP) is 1.96. The normalized spacial score (nSPS) is 21.6. The van der Waals surface area contributed by atoms with Crippen LogP contribution < -0.4 is 5.32 Å². The number of aromatic nitrogens is 1. The van der Waals surface area contributed by atoms with Crippen LogP contribution >= 0.6 is 0 Å². The monoisotopic (exact) mass is 233 g/mol. The van der Waals surface area contributed by atoms with Crippen LogP contribution in [0.1, 0.15) is 31.0 Å².